The Balaban J connectivity index is 1.94. The summed E-state index contributed by atoms with van der Waals surface area (Å²) in [5, 5.41) is 13.4. The van der Waals surface area contributed by atoms with E-state index in [-0.39, 0.29) is 35.1 Å². The first-order chi connectivity index (χ1) is 10.9. The van der Waals surface area contributed by atoms with Crippen molar-refractivity contribution in [3.63, 3.8) is 0 Å². The third-order valence-corrected chi connectivity index (χ3v) is 3.81. The number of urea groups is 1. The van der Waals surface area contributed by atoms with Crippen LogP contribution in [0.4, 0.5) is 16.3 Å². The molecular weight excluding hydrogens is 304 g/mol. The molecule has 2 heterocycles. The molecule has 1 aliphatic rings. The van der Waals surface area contributed by atoms with Crippen molar-refractivity contribution < 1.29 is 19.2 Å². The van der Waals surface area contributed by atoms with Gasteiger partial charge in [0, 0.05) is 19.2 Å². The summed E-state index contributed by atoms with van der Waals surface area (Å²) in [4.78, 5) is 39.4. The highest BCUT2D eigenvalue weighted by molar-refractivity contribution is 5.88. The van der Waals surface area contributed by atoms with Crippen LogP contribution >= 0.6 is 0 Å². The summed E-state index contributed by atoms with van der Waals surface area (Å²) >= 11 is 0. The van der Waals surface area contributed by atoms with Crippen LogP contribution in [0, 0.1) is 23.0 Å². The summed E-state index contributed by atoms with van der Waals surface area (Å²) in [5.74, 6) is -0.172. The molecule has 23 heavy (non-hydrogen) atoms. The van der Waals surface area contributed by atoms with Crippen molar-refractivity contribution in [1.29, 1.82) is 0 Å². The molecular formula is C14H18N4O5. The van der Waals surface area contributed by atoms with Gasteiger partial charge >= 0.3 is 12.0 Å². The molecule has 0 saturated carbocycles. The van der Waals surface area contributed by atoms with Gasteiger partial charge in [-0.15, -0.1) is 0 Å². The number of ether oxygens (including phenoxy) is 1. The number of carbonyl (C=O) groups is 2. The Morgan fingerprint density at radius 2 is 2.04 bits per heavy atom. The van der Waals surface area contributed by atoms with Crippen LogP contribution in [-0.4, -0.2) is 47.0 Å². The maximum absolute atomic E-state index is 12.2. The van der Waals surface area contributed by atoms with E-state index < -0.39 is 4.92 Å². The topological polar surface area (TPSA) is 115 Å². The predicted molar refractivity (Wildman–Crippen MR) is 81.0 cm³/mol. The number of piperidine rings is 1. The van der Waals surface area contributed by atoms with Crippen LogP contribution in [0.5, 0.6) is 0 Å². The van der Waals surface area contributed by atoms with Gasteiger partial charge in [-0.3, -0.25) is 20.2 Å². The molecule has 1 aromatic rings. The molecule has 2 amide bonds. The Labute approximate surface area is 132 Å². The van der Waals surface area contributed by atoms with Crippen LogP contribution in [-0.2, 0) is 9.53 Å². The van der Waals surface area contributed by atoms with Crippen molar-refractivity contribution in [3.05, 3.63) is 27.9 Å². The number of aromatic nitrogens is 1. The van der Waals surface area contributed by atoms with Crippen molar-refractivity contribution >= 4 is 23.5 Å². The fraction of sp³-hybridized carbons (Fsp3) is 0.500. The molecule has 1 aromatic heterocycles. The minimum Gasteiger partial charge on any atom is -0.469 e. The summed E-state index contributed by atoms with van der Waals surface area (Å²) in [6.45, 7) is 2.39. The first-order valence-electron chi connectivity index (χ1n) is 7.18. The number of nitro groups is 1. The highest BCUT2D eigenvalue weighted by atomic mass is 16.6. The standard InChI is InChI=1S/C14H18N4O5/c1-9-11(18(21)22)3-4-12(15-9)16-14(20)17-7-5-10(6-8-17)13(19)23-2/h3-4,10H,5-8H2,1-2H3,(H,15,16,20). The lowest BCUT2D eigenvalue weighted by Gasteiger charge is -2.30. The largest absolute Gasteiger partial charge is 0.469 e. The second kappa shape index (κ2) is 7.03. The molecule has 1 N–H and O–H groups in total. The Morgan fingerprint density at radius 1 is 1.39 bits per heavy atom. The number of esters is 1. The zero-order chi connectivity index (χ0) is 17.0. The first kappa shape index (κ1) is 16.7. The van der Waals surface area contributed by atoms with Gasteiger partial charge in [-0.25, -0.2) is 9.78 Å². The number of methoxy groups -OCH3 is 1. The number of carbonyl (C=O) groups excluding carboxylic acids is 2. The zero-order valence-electron chi connectivity index (χ0n) is 12.9. The van der Waals surface area contributed by atoms with Gasteiger partial charge in [0.25, 0.3) is 5.69 Å². The summed E-state index contributed by atoms with van der Waals surface area (Å²) in [5.41, 5.74) is 0.138. The van der Waals surface area contributed by atoms with Crippen molar-refractivity contribution in [2.45, 2.75) is 19.8 Å². The van der Waals surface area contributed by atoms with Gasteiger partial charge in [-0.1, -0.05) is 0 Å². The summed E-state index contributed by atoms with van der Waals surface area (Å²) in [6.07, 6.45) is 1.10. The number of pyridine rings is 1. The maximum Gasteiger partial charge on any atom is 0.323 e. The van der Waals surface area contributed by atoms with Crippen LogP contribution in [0.15, 0.2) is 12.1 Å². The Bertz CT molecular complexity index is 626. The molecule has 2 rings (SSSR count). The van der Waals surface area contributed by atoms with Crippen LogP contribution in [0.1, 0.15) is 18.5 Å². The molecule has 124 valence electrons. The van der Waals surface area contributed by atoms with Crippen molar-refractivity contribution in [1.82, 2.24) is 9.88 Å². The Kier molecular flexibility index (Phi) is 5.09. The van der Waals surface area contributed by atoms with E-state index in [2.05, 4.69) is 10.3 Å². The van der Waals surface area contributed by atoms with Crippen molar-refractivity contribution in [3.8, 4) is 0 Å². The number of nitrogens with zero attached hydrogens (tertiary/aromatic N) is 3. The average molecular weight is 322 g/mol. The molecule has 0 aliphatic carbocycles. The van der Waals surface area contributed by atoms with E-state index >= 15 is 0 Å². The van der Waals surface area contributed by atoms with Crippen LogP contribution < -0.4 is 5.32 Å². The van der Waals surface area contributed by atoms with Crippen LogP contribution in [0.3, 0.4) is 0 Å². The molecule has 0 spiro atoms. The molecule has 1 saturated heterocycles. The van der Waals surface area contributed by atoms with E-state index in [4.69, 9.17) is 4.74 Å². The van der Waals surface area contributed by atoms with Crippen molar-refractivity contribution in [2.24, 2.45) is 5.92 Å². The van der Waals surface area contributed by atoms with E-state index in [1.54, 1.807) is 4.90 Å². The Hall–Kier alpha value is -2.71. The lowest BCUT2D eigenvalue weighted by Crippen LogP contribution is -2.42. The number of anilines is 1. The minimum absolute atomic E-state index is 0.0955. The number of nitrogens with one attached hydrogen (secondary N) is 1. The van der Waals surface area contributed by atoms with E-state index in [0.717, 1.165) is 0 Å². The fourth-order valence-corrected chi connectivity index (χ4v) is 2.49. The van der Waals surface area contributed by atoms with E-state index in [0.29, 0.717) is 25.9 Å². The molecule has 1 aliphatic heterocycles. The average Bonchev–Trinajstić information content (AvgIpc) is 2.54. The van der Waals surface area contributed by atoms with Crippen molar-refractivity contribution in [2.75, 3.05) is 25.5 Å². The summed E-state index contributed by atoms with van der Waals surface area (Å²) < 4.78 is 4.70. The van der Waals surface area contributed by atoms with Gasteiger partial charge in [0.2, 0.25) is 0 Å². The molecule has 9 heteroatoms. The van der Waals surface area contributed by atoms with E-state index in [1.807, 2.05) is 0 Å². The molecule has 0 bridgehead atoms. The van der Waals surface area contributed by atoms with Gasteiger partial charge in [-0.2, -0.15) is 0 Å². The third kappa shape index (κ3) is 3.93. The fourth-order valence-electron chi connectivity index (χ4n) is 2.49. The smallest absolute Gasteiger partial charge is 0.323 e. The first-order valence-corrected chi connectivity index (χ1v) is 7.18. The predicted octanol–water partition coefficient (Wildman–Crippen LogP) is 1.72. The molecule has 0 aromatic carbocycles. The lowest BCUT2D eigenvalue weighted by molar-refractivity contribution is -0.385. The van der Waals surface area contributed by atoms with Gasteiger partial charge in [0.1, 0.15) is 11.5 Å². The highest BCUT2D eigenvalue weighted by Gasteiger charge is 2.28. The monoisotopic (exact) mass is 322 g/mol. The zero-order valence-corrected chi connectivity index (χ0v) is 12.9. The maximum atomic E-state index is 12.2. The molecule has 0 unspecified atom stereocenters. The third-order valence-electron chi connectivity index (χ3n) is 3.81. The molecule has 0 atom stereocenters. The normalized spacial score (nSPS) is 15.1. The minimum atomic E-state index is -0.522. The highest BCUT2D eigenvalue weighted by Crippen LogP contribution is 2.21. The number of amides is 2. The van der Waals surface area contributed by atoms with Crippen LogP contribution in [0.2, 0.25) is 0 Å². The number of rotatable bonds is 3. The second-order valence-corrected chi connectivity index (χ2v) is 5.27. The van der Waals surface area contributed by atoms with Gasteiger partial charge in [0.15, 0.2) is 0 Å². The van der Waals surface area contributed by atoms with Crippen LogP contribution in [0.25, 0.3) is 0 Å². The van der Waals surface area contributed by atoms with E-state index in [9.17, 15) is 19.7 Å². The Morgan fingerprint density at radius 3 is 2.57 bits per heavy atom. The van der Waals surface area contributed by atoms with Gasteiger partial charge in [0.05, 0.1) is 18.0 Å². The summed E-state index contributed by atoms with van der Waals surface area (Å²) in [7, 11) is 1.35. The van der Waals surface area contributed by atoms with Gasteiger partial charge < -0.3 is 9.64 Å². The summed E-state index contributed by atoms with van der Waals surface area (Å²) in [6, 6.07) is 2.36. The second-order valence-electron chi connectivity index (χ2n) is 5.27. The molecule has 9 nitrogen and oxygen atoms in total. The number of hydrogen-bond acceptors (Lipinski definition) is 6. The number of aryl methyl sites for hydroxylation is 1. The quantitative estimate of drug-likeness (QED) is 0.514. The molecule has 0 radical (unpaired) electrons. The molecule has 1 fully saturated rings. The SMILES string of the molecule is COC(=O)C1CCN(C(=O)Nc2ccc([N+](=O)[O-])c(C)n2)CC1. The number of likely N-dealkylation sites (tertiary alicyclic amines) is 1. The number of hydrogen-bond donors (Lipinski definition) is 1. The van der Waals surface area contributed by atoms with E-state index in [1.165, 1.54) is 26.2 Å². The lowest BCUT2D eigenvalue weighted by atomic mass is 9.97. The van der Waals surface area contributed by atoms with Gasteiger partial charge in [-0.05, 0) is 25.8 Å².